The van der Waals surface area contributed by atoms with E-state index in [1.165, 1.54) is 32.6 Å². The number of para-hydroxylation sites is 1. The standard InChI is InChI=1S/C20H21F3N4O4/c1-27(29-2)19(28)16-18(25-9-8-24-16)26-15-5-3-4-14(13-6-10-30-11-7-13)17(15)31-12-20(21,22)23/h3-6,8-9H,7,10-12H2,1-2H3,(H,25,26). The molecule has 0 spiro atoms. The maximum Gasteiger partial charge on any atom is 0.422 e. The van der Waals surface area contributed by atoms with Crippen molar-refractivity contribution < 1.29 is 32.3 Å². The zero-order valence-electron chi connectivity index (χ0n) is 16.9. The predicted octanol–water partition coefficient (Wildman–Crippen LogP) is 3.60. The maximum absolute atomic E-state index is 12.9. The van der Waals surface area contributed by atoms with Crippen LogP contribution in [0.25, 0.3) is 5.57 Å². The van der Waals surface area contributed by atoms with E-state index in [-0.39, 0.29) is 22.9 Å². The van der Waals surface area contributed by atoms with Crippen LogP contribution in [0.4, 0.5) is 24.7 Å². The number of rotatable bonds is 7. The van der Waals surface area contributed by atoms with E-state index < -0.39 is 18.7 Å². The quantitative estimate of drug-likeness (QED) is 0.661. The Morgan fingerprint density at radius 2 is 2.06 bits per heavy atom. The zero-order chi connectivity index (χ0) is 22.4. The molecule has 0 saturated carbocycles. The van der Waals surface area contributed by atoms with E-state index in [4.69, 9.17) is 14.3 Å². The third kappa shape index (κ3) is 5.70. The van der Waals surface area contributed by atoms with Crippen LogP contribution in [-0.2, 0) is 9.57 Å². The summed E-state index contributed by atoms with van der Waals surface area (Å²) in [7, 11) is 2.71. The first-order chi connectivity index (χ1) is 14.8. The molecule has 11 heteroatoms. The van der Waals surface area contributed by atoms with Crippen LogP contribution in [0, 0.1) is 0 Å². The molecule has 1 aliphatic rings. The summed E-state index contributed by atoms with van der Waals surface area (Å²) in [6.07, 6.45) is 0.482. The second kappa shape index (κ2) is 9.75. The van der Waals surface area contributed by atoms with Crippen LogP contribution < -0.4 is 10.1 Å². The number of carbonyl (C=O) groups is 1. The van der Waals surface area contributed by atoms with Gasteiger partial charge in [0.25, 0.3) is 5.91 Å². The number of amides is 1. The molecule has 0 saturated heterocycles. The average Bonchev–Trinajstić information content (AvgIpc) is 2.77. The molecule has 8 nitrogen and oxygen atoms in total. The molecule has 0 aliphatic carbocycles. The Morgan fingerprint density at radius 1 is 1.29 bits per heavy atom. The second-order valence-electron chi connectivity index (χ2n) is 6.50. The molecule has 1 amide bonds. The van der Waals surface area contributed by atoms with Crippen LogP contribution in [-0.4, -0.2) is 61.1 Å². The summed E-state index contributed by atoms with van der Waals surface area (Å²) in [6, 6.07) is 4.89. The number of benzene rings is 1. The van der Waals surface area contributed by atoms with Crippen molar-refractivity contribution in [2.75, 3.05) is 39.3 Å². The van der Waals surface area contributed by atoms with Gasteiger partial charge in [0.2, 0.25) is 0 Å². The largest absolute Gasteiger partial charge is 0.481 e. The molecule has 0 radical (unpaired) electrons. The van der Waals surface area contributed by atoms with Gasteiger partial charge in [0.15, 0.2) is 23.9 Å². The average molecular weight is 438 g/mol. The number of anilines is 2. The first-order valence-corrected chi connectivity index (χ1v) is 9.30. The second-order valence-corrected chi connectivity index (χ2v) is 6.50. The van der Waals surface area contributed by atoms with Crippen LogP contribution in [0.2, 0.25) is 0 Å². The first kappa shape index (κ1) is 22.5. The molecular weight excluding hydrogens is 417 g/mol. The zero-order valence-corrected chi connectivity index (χ0v) is 16.9. The topological polar surface area (TPSA) is 85.8 Å². The van der Waals surface area contributed by atoms with Crippen molar-refractivity contribution >= 4 is 23.0 Å². The Hall–Kier alpha value is -3.18. The van der Waals surface area contributed by atoms with E-state index in [0.29, 0.717) is 25.2 Å². The number of nitrogens with one attached hydrogen (secondary N) is 1. The van der Waals surface area contributed by atoms with Crippen molar-refractivity contribution in [2.24, 2.45) is 0 Å². The highest BCUT2D eigenvalue weighted by molar-refractivity contribution is 5.97. The van der Waals surface area contributed by atoms with Crippen LogP contribution in [0.15, 0.2) is 36.7 Å². The fourth-order valence-electron chi connectivity index (χ4n) is 2.92. The number of carbonyl (C=O) groups excluding carboxylic acids is 1. The van der Waals surface area contributed by atoms with Gasteiger partial charge in [0, 0.05) is 25.0 Å². The minimum absolute atomic E-state index is 0.00266. The molecule has 0 unspecified atom stereocenters. The molecule has 166 valence electrons. The molecular formula is C20H21F3N4O4. The van der Waals surface area contributed by atoms with E-state index >= 15 is 0 Å². The predicted molar refractivity (Wildman–Crippen MR) is 106 cm³/mol. The van der Waals surface area contributed by atoms with E-state index in [1.54, 1.807) is 18.2 Å². The van der Waals surface area contributed by atoms with Gasteiger partial charge in [0.1, 0.15) is 0 Å². The number of hydroxylamine groups is 2. The normalized spacial score (nSPS) is 14.0. The minimum Gasteiger partial charge on any atom is -0.481 e. The van der Waals surface area contributed by atoms with Crippen molar-refractivity contribution in [2.45, 2.75) is 12.6 Å². The molecule has 0 fully saturated rings. The number of nitrogens with zero attached hydrogens (tertiary/aromatic N) is 3. The van der Waals surface area contributed by atoms with E-state index in [0.717, 1.165) is 10.6 Å². The van der Waals surface area contributed by atoms with Crippen molar-refractivity contribution in [3.8, 4) is 5.75 Å². The van der Waals surface area contributed by atoms with E-state index in [2.05, 4.69) is 15.3 Å². The lowest BCUT2D eigenvalue weighted by Gasteiger charge is -2.21. The van der Waals surface area contributed by atoms with Gasteiger partial charge in [-0.25, -0.2) is 15.0 Å². The fraction of sp³-hybridized carbons (Fsp3) is 0.350. The molecule has 2 heterocycles. The smallest absolute Gasteiger partial charge is 0.422 e. The third-order valence-electron chi connectivity index (χ3n) is 4.42. The summed E-state index contributed by atoms with van der Waals surface area (Å²) < 4.78 is 49.2. The van der Waals surface area contributed by atoms with Crippen LogP contribution in [0.3, 0.4) is 0 Å². The molecule has 1 aromatic carbocycles. The highest BCUT2D eigenvalue weighted by Gasteiger charge is 2.30. The molecule has 1 aliphatic heterocycles. The van der Waals surface area contributed by atoms with Crippen molar-refractivity contribution in [3.05, 3.63) is 47.9 Å². The number of hydrogen-bond acceptors (Lipinski definition) is 7. The number of alkyl halides is 3. The lowest BCUT2D eigenvalue weighted by atomic mass is 9.99. The molecule has 2 aromatic rings. The van der Waals surface area contributed by atoms with Gasteiger partial charge in [-0.1, -0.05) is 18.2 Å². The first-order valence-electron chi connectivity index (χ1n) is 9.30. The monoisotopic (exact) mass is 438 g/mol. The maximum atomic E-state index is 12.9. The number of hydrogen-bond donors (Lipinski definition) is 1. The molecule has 3 rings (SSSR count). The van der Waals surface area contributed by atoms with Gasteiger partial charge >= 0.3 is 6.18 Å². The lowest BCUT2D eigenvalue weighted by molar-refractivity contribution is -0.153. The highest BCUT2D eigenvalue weighted by Crippen LogP contribution is 2.38. The Labute approximate surface area is 176 Å². The summed E-state index contributed by atoms with van der Waals surface area (Å²) in [5.74, 6) is -0.539. The van der Waals surface area contributed by atoms with Gasteiger partial charge in [-0.05, 0) is 18.1 Å². The van der Waals surface area contributed by atoms with Gasteiger partial charge in [-0.2, -0.15) is 13.2 Å². The van der Waals surface area contributed by atoms with Crippen LogP contribution in [0.5, 0.6) is 5.75 Å². The molecule has 0 bridgehead atoms. The number of halogens is 3. The molecule has 31 heavy (non-hydrogen) atoms. The third-order valence-corrected chi connectivity index (χ3v) is 4.42. The lowest BCUT2D eigenvalue weighted by Crippen LogP contribution is -2.27. The van der Waals surface area contributed by atoms with Crippen LogP contribution >= 0.6 is 0 Å². The summed E-state index contributed by atoms with van der Waals surface area (Å²) >= 11 is 0. The molecule has 0 atom stereocenters. The number of ether oxygens (including phenoxy) is 2. The summed E-state index contributed by atoms with van der Waals surface area (Å²) in [5.41, 5.74) is 1.46. The van der Waals surface area contributed by atoms with Crippen molar-refractivity contribution in [3.63, 3.8) is 0 Å². The Bertz CT molecular complexity index is 966. The Morgan fingerprint density at radius 3 is 2.74 bits per heavy atom. The van der Waals surface area contributed by atoms with Crippen LogP contribution in [0.1, 0.15) is 22.5 Å². The molecule has 1 aromatic heterocycles. The fourth-order valence-corrected chi connectivity index (χ4v) is 2.92. The number of aromatic nitrogens is 2. The highest BCUT2D eigenvalue weighted by atomic mass is 19.4. The van der Waals surface area contributed by atoms with E-state index in [1.807, 2.05) is 0 Å². The summed E-state index contributed by atoms with van der Waals surface area (Å²) in [4.78, 5) is 25.5. The Kier molecular flexibility index (Phi) is 7.08. The van der Waals surface area contributed by atoms with Crippen molar-refractivity contribution in [1.29, 1.82) is 0 Å². The van der Waals surface area contributed by atoms with Gasteiger partial charge in [-0.15, -0.1) is 0 Å². The summed E-state index contributed by atoms with van der Waals surface area (Å²) in [5, 5.41) is 3.85. The van der Waals surface area contributed by atoms with E-state index in [9.17, 15) is 18.0 Å². The molecule has 1 N–H and O–H groups in total. The minimum atomic E-state index is -4.52. The van der Waals surface area contributed by atoms with Crippen molar-refractivity contribution in [1.82, 2.24) is 15.0 Å². The SMILES string of the molecule is CON(C)C(=O)c1nccnc1Nc1cccc(C2=CCOCC2)c1OCC(F)(F)F. The summed E-state index contributed by atoms with van der Waals surface area (Å²) in [6.45, 7) is -0.659. The van der Waals surface area contributed by atoms with Gasteiger partial charge < -0.3 is 14.8 Å². The van der Waals surface area contributed by atoms with Gasteiger partial charge in [0.05, 0.1) is 26.0 Å². The Balaban J connectivity index is 2.01. The van der Waals surface area contributed by atoms with Gasteiger partial charge in [-0.3, -0.25) is 9.63 Å².